The molecule has 0 saturated carbocycles. The maximum atomic E-state index is 11.6. The monoisotopic (exact) mass is 431 g/mol. The summed E-state index contributed by atoms with van der Waals surface area (Å²) in [5.74, 6) is -0.230. The molecule has 164 valence electrons. The molecule has 3 rings (SSSR count). The van der Waals surface area contributed by atoms with E-state index in [4.69, 9.17) is 0 Å². The van der Waals surface area contributed by atoms with Gasteiger partial charge in [-0.1, -0.05) is 72.8 Å². The van der Waals surface area contributed by atoms with Gasteiger partial charge in [-0.25, -0.2) is 0 Å². The average molecular weight is 431 g/mol. The van der Waals surface area contributed by atoms with Crippen molar-refractivity contribution in [1.82, 2.24) is 0 Å². The second-order valence-electron chi connectivity index (χ2n) is 6.86. The number of rotatable bonds is 7. The molecule has 3 aromatic rings. The van der Waals surface area contributed by atoms with E-state index >= 15 is 0 Å². The lowest BCUT2D eigenvalue weighted by Gasteiger charge is -2.39. The first-order valence-corrected chi connectivity index (χ1v) is 9.63. The average Bonchev–Trinajstić information content (AvgIpc) is 2.77. The van der Waals surface area contributed by atoms with Gasteiger partial charge in [-0.3, -0.25) is 15.2 Å². The Morgan fingerprint density at radius 3 is 2.06 bits per heavy atom. The molecule has 0 atom stereocenters. The number of amides is 1. The third-order valence-corrected chi connectivity index (χ3v) is 4.56. The molecule has 0 unspecified atom stereocenters. The van der Waals surface area contributed by atoms with Crippen molar-refractivity contribution in [2.75, 3.05) is 15.8 Å². The second-order valence-corrected chi connectivity index (χ2v) is 6.86. The summed E-state index contributed by atoms with van der Waals surface area (Å²) >= 11 is 0. The normalized spacial score (nSPS) is 11.2. The van der Waals surface area contributed by atoms with Crippen LogP contribution in [0.25, 0.3) is 24.3 Å². The fourth-order valence-electron chi connectivity index (χ4n) is 3.09. The van der Waals surface area contributed by atoms with Gasteiger partial charge in [-0.05, 0) is 34.9 Å². The Labute approximate surface area is 185 Å². The zero-order valence-electron chi connectivity index (χ0n) is 17.2. The number of carbonyl (C=O) groups excluding carboxylic acids is 1. The van der Waals surface area contributed by atoms with Gasteiger partial charge >= 0.3 is 0 Å². The maximum Gasteiger partial charge on any atom is 0.221 e. The van der Waals surface area contributed by atoms with Gasteiger partial charge in [0.25, 0.3) is 0 Å². The summed E-state index contributed by atoms with van der Waals surface area (Å²) in [5, 5.41) is 44.4. The molecule has 0 spiro atoms. The Balaban J connectivity index is 2.06. The van der Waals surface area contributed by atoms with E-state index in [1.165, 1.54) is 13.0 Å². The van der Waals surface area contributed by atoms with Crippen LogP contribution >= 0.6 is 0 Å². The second kappa shape index (κ2) is 10.4. The first kappa shape index (κ1) is 22.7. The molecule has 0 aliphatic heterocycles. The summed E-state index contributed by atoms with van der Waals surface area (Å²) in [5.41, 5.74) is 2.28. The Bertz CT molecular complexity index is 1140. The molecule has 3 aromatic carbocycles. The molecule has 0 fully saturated rings. The predicted molar refractivity (Wildman–Crippen MR) is 127 cm³/mol. The quantitative estimate of drug-likeness (QED) is 0.339. The summed E-state index contributed by atoms with van der Waals surface area (Å²) in [4.78, 5) is 11.4. The van der Waals surface area contributed by atoms with Crippen LogP contribution in [0.4, 0.5) is 17.1 Å². The Kier molecular flexibility index (Phi) is 7.37. The van der Waals surface area contributed by atoms with Crippen LogP contribution in [0.15, 0.2) is 66.7 Å². The van der Waals surface area contributed by atoms with E-state index in [1.54, 1.807) is 48.6 Å². The summed E-state index contributed by atoms with van der Waals surface area (Å²) in [6.45, 7) is 1.40. The minimum absolute atomic E-state index is 0.156. The standard InChI is InChI=1S/C24H21N3O5/c1-17(28)25-22-10-6-5-9-19(22)13-14-21-15-20(12-11-18-7-3-2-4-8-18)23(26(29)30)16-24(21)27(31)32/h2-16,31-32H,1H3,(H,25,28)/q-2. The minimum Gasteiger partial charge on any atom is -0.769 e. The molecule has 3 N–H and O–H groups in total. The molecule has 0 aromatic heterocycles. The number of nitrogens with one attached hydrogen (secondary N) is 1. The largest absolute Gasteiger partial charge is 0.769 e. The van der Waals surface area contributed by atoms with Gasteiger partial charge in [-0.2, -0.15) is 0 Å². The highest BCUT2D eigenvalue weighted by molar-refractivity contribution is 5.93. The van der Waals surface area contributed by atoms with Crippen LogP contribution in [0, 0.1) is 10.4 Å². The molecule has 32 heavy (non-hydrogen) atoms. The SMILES string of the molecule is CC(=O)Nc1ccccc1C=Cc1cc(C=Cc2ccccc2)c(N([O-])[O-])cc1N(O)O. The minimum atomic E-state index is -0.586. The number of benzene rings is 3. The topological polar surface area (TPSA) is 122 Å². The van der Waals surface area contributed by atoms with E-state index < -0.39 is 5.23 Å². The van der Waals surface area contributed by atoms with Crippen LogP contribution in [-0.4, -0.2) is 16.3 Å². The van der Waals surface area contributed by atoms with Gasteiger partial charge in [0.15, 0.2) is 0 Å². The molecule has 0 aliphatic rings. The Morgan fingerprint density at radius 2 is 1.41 bits per heavy atom. The summed E-state index contributed by atoms with van der Waals surface area (Å²) in [6, 6.07) is 19.0. The number of hydrogen-bond acceptors (Lipinski definition) is 7. The van der Waals surface area contributed by atoms with Crippen LogP contribution in [0.2, 0.25) is 0 Å². The zero-order chi connectivity index (χ0) is 23.1. The van der Waals surface area contributed by atoms with Crippen molar-refractivity contribution < 1.29 is 15.2 Å². The highest BCUT2D eigenvalue weighted by atomic mass is 16.8. The lowest BCUT2D eigenvalue weighted by molar-refractivity contribution is -0.114. The van der Waals surface area contributed by atoms with Gasteiger partial charge in [-0.15, -0.1) is 5.23 Å². The van der Waals surface area contributed by atoms with Crippen molar-refractivity contribution in [1.29, 1.82) is 0 Å². The fourth-order valence-corrected chi connectivity index (χ4v) is 3.09. The molecule has 0 saturated heterocycles. The lowest BCUT2D eigenvalue weighted by atomic mass is 10.0. The highest BCUT2D eigenvalue weighted by Crippen LogP contribution is 2.32. The highest BCUT2D eigenvalue weighted by Gasteiger charge is 2.11. The molecule has 0 radical (unpaired) electrons. The molecule has 0 aliphatic carbocycles. The van der Waals surface area contributed by atoms with Gasteiger partial charge < -0.3 is 21.0 Å². The number of anilines is 3. The molecule has 0 bridgehead atoms. The van der Waals surface area contributed by atoms with Crippen molar-refractivity contribution in [3.05, 3.63) is 99.4 Å². The van der Waals surface area contributed by atoms with Gasteiger partial charge in [0.1, 0.15) is 5.69 Å². The number of carbonyl (C=O) groups is 1. The Morgan fingerprint density at radius 1 is 0.812 bits per heavy atom. The van der Waals surface area contributed by atoms with Gasteiger partial charge in [0.05, 0.1) is 0 Å². The van der Waals surface area contributed by atoms with E-state index in [-0.39, 0.29) is 22.5 Å². The lowest BCUT2D eigenvalue weighted by Crippen LogP contribution is -2.14. The van der Waals surface area contributed by atoms with Gasteiger partial charge in [0, 0.05) is 23.9 Å². The molecular weight excluding hydrogens is 410 g/mol. The zero-order valence-corrected chi connectivity index (χ0v) is 17.2. The van der Waals surface area contributed by atoms with E-state index in [2.05, 4.69) is 5.32 Å². The predicted octanol–water partition coefficient (Wildman–Crippen LogP) is 5.37. The number of nitrogens with zero attached hydrogens (tertiary/aromatic N) is 2. The van der Waals surface area contributed by atoms with Crippen LogP contribution in [-0.2, 0) is 4.79 Å². The first-order chi connectivity index (χ1) is 15.3. The first-order valence-electron chi connectivity index (χ1n) is 9.63. The van der Waals surface area contributed by atoms with Crippen molar-refractivity contribution in [3.8, 4) is 0 Å². The molecule has 8 heteroatoms. The smallest absolute Gasteiger partial charge is 0.221 e. The summed E-state index contributed by atoms with van der Waals surface area (Å²) < 4.78 is 0. The third-order valence-electron chi connectivity index (χ3n) is 4.56. The van der Waals surface area contributed by atoms with Crippen LogP contribution in [0.5, 0.6) is 0 Å². The molecule has 8 nitrogen and oxygen atoms in total. The van der Waals surface area contributed by atoms with E-state index in [1.807, 2.05) is 30.3 Å². The van der Waals surface area contributed by atoms with E-state index in [0.717, 1.165) is 11.6 Å². The van der Waals surface area contributed by atoms with Crippen molar-refractivity contribution in [3.63, 3.8) is 0 Å². The molecular formula is C24H21N3O5-2. The Hall–Kier alpha value is -3.95. The number of hydrogen-bond donors (Lipinski definition) is 3. The third kappa shape index (κ3) is 5.81. The maximum absolute atomic E-state index is 11.6. The van der Waals surface area contributed by atoms with Crippen LogP contribution in [0.3, 0.4) is 0 Å². The van der Waals surface area contributed by atoms with Crippen molar-refractivity contribution in [2.24, 2.45) is 0 Å². The van der Waals surface area contributed by atoms with E-state index in [9.17, 15) is 25.6 Å². The number of para-hydroxylation sites is 1. The van der Waals surface area contributed by atoms with Crippen LogP contribution < -0.4 is 15.8 Å². The van der Waals surface area contributed by atoms with Crippen molar-refractivity contribution in [2.45, 2.75) is 6.92 Å². The fraction of sp³-hybridized carbons (Fsp3) is 0.0417. The van der Waals surface area contributed by atoms with Crippen molar-refractivity contribution >= 4 is 47.3 Å². The molecule has 0 heterocycles. The summed E-state index contributed by atoms with van der Waals surface area (Å²) in [7, 11) is 0. The van der Waals surface area contributed by atoms with E-state index in [0.29, 0.717) is 22.4 Å². The summed E-state index contributed by atoms with van der Waals surface area (Å²) in [6.07, 6.45) is 6.58. The molecule has 1 amide bonds. The van der Waals surface area contributed by atoms with Gasteiger partial charge in [0.2, 0.25) is 5.91 Å². The van der Waals surface area contributed by atoms with Crippen LogP contribution in [0.1, 0.15) is 29.2 Å².